The van der Waals surface area contributed by atoms with Gasteiger partial charge in [-0.2, -0.15) is 0 Å². The van der Waals surface area contributed by atoms with Gasteiger partial charge in [-0.15, -0.1) is 35.3 Å². The zero-order valence-electron chi connectivity index (χ0n) is 13.2. The monoisotopic (exact) mass is 447 g/mol. The number of aliphatic imine (C=N–C) groups is 1. The average Bonchev–Trinajstić information content (AvgIpc) is 3.06. The molecule has 1 heterocycles. The Hall–Kier alpha value is -1.48. The normalized spacial score (nSPS) is 10.8. The molecule has 2 aromatic rings. The van der Waals surface area contributed by atoms with Crippen molar-refractivity contribution in [2.75, 3.05) is 20.8 Å². The summed E-state index contributed by atoms with van der Waals surface area (Å²) in [6.45, 7) is 1.24. The van der Waals surface area contributed by atoms with Gasteiger partial charge in [-0.1, -0.05) is 6.07 Å². The fraction of sp³-hybridized carbons (Fsp3) is 0.312. The predicted molar refractivity (Wildman–Crippen MR) is 106 cm³/mol. The van der Waals surface area contributed by atoms with Crippen molar-refractivity contribution in [1.29, 1.82) is 0 Å². The molecule has 0 saturated carbocycles. The molecule has 0 saturated heterocycles. The molecule has 0 spiro atoms. The molecule has 0 radical (unpaired) electrons. The van der Waals surface area contributed by atoms with Crippen molar-refractivity contribution < 1.29 is 9.47 Å². The smallest absolute Gasteiger partial charge is 0.188 e. The van der Waals surface area contributed by atoms with Crippen molar-refractivity contribution in [1.82, 2.24) is 5.32 Å². The second kappa shape index (κ2) is 10.3. The fourth-order valence-electron chi connectivity index (χ4n) is 1.98. The van der Waals surface area contributed by atoms with Crippen LogP contribution in [0.4, 0.5) is 0 Å². The van der Waals surface area contributed by atoms with Crippen LogP contribution in [0.2, 0.25) is 0 Å². The van der Waals surface area contributed by atoms with Gasteiger partial charge in [-0.05, 0) is 30.0 Å². The van der Waals surface area contributed by atoms with Crippen LogP contribution in [0.25, 0.3) is 0 Å². The number of halogens is 1. The van der Waals surface area contributed by atoms with E-state index >= 15 is 0 Å². The number of rotatable bonds is 7. The fourth-order valence-corrected chi connectivity index (χ4v) is 2.69. The van der Waals surface area contributed by atoms with Gasteiger partial charge < -0.3 is 20.5 Å². The molecule has 0 amide bonds. The third kappa shape index (κ3) is 6.26. The second-order valence-corrected chi connectivity index (χ2v) is 5.67. The number of nitrogens with zero attached hydrogens (tertiary/aromatic N) is 1. The van der Waals surface area contributed by atoms with Gasteiger partial charge in [0.2, 0.25) is 0 Å². The SMILES string of the molecule is COc1ccc(CN=C(N)NCCc2cccs2)c(OC)c1.I. The van der Waals surface area contributed by atoms with Crippen LogP contribution >= 0.6 is 35.3 Å². The lowest BCUT2D eigenvalue weighted by molar-refractivity contribution is 0.391. The van der Waals surface area contributed by atoms with E-state index in [0.717, 1.165) is 30.0 Å². The number of nitrogens with one attached hydrogen (secondary N) is 1. The van der Waals surface area contributed by atoms with Gasteiger partial charge >= 0.3 is 0 Å². The van der Waals surface area contributed by atoms with Crippen molar-refractivity contribution in [2.45, 2.75) is 13.0 Å². The number of nitrogens with two attached hydrogens (primary N) is 1. The minimum atomic E-state index is 0. The van der Waals surface area contributed by atoms with Crippen LogP contribution in [0.15, 0.2) is 40.7 Å². The van der Waals surface area contributed by atoms with Crippen molar-refractivity contribution in [3.05, 3.63) is 46.2 Å². The summed E-state index contributed by atoms with van der Waals surface area (Å²) in [6, 6.07) is 9.81. The van der Waals surface area contributed by atoms with Crippen LogP contribution in [0.3, 0.4) is 0 Å². The van der Waals surface area contributed by atoms with Crippen LogP contribution < -0.4 is 20.5 Å². The Labute approximate surface area is 157 Å². The van der Waals surface area contributed by atoms with E-state index in [2.05, 4.69) is 21.8 Å². The first-order valence-corrected chi connectivity index (χ1v) is 7.88. The van der Waals surface area contributed by atoms with E-state index in [1.807, 2.05) is 24.3 Å². The van der Waals surface area contributed by atoms with Crippen LogP contribution in [0, 0.1) is 0 Å². The number of hydrogen-bond acceptors (Lipinski definition) is 4. The molecular weight excluding hydrogens is 425 g/mol. The summed E-state index contributed by atoms with van der Waals surface area (Å²) in [5, 5.41) is 5.19. The quantitative estimate of drug-likeness (QED) is 0.389. The minimum Gasteiger partial charge on any atom is -0.497 e. The van der Waals surface area contributed by atoms with E-state index in [1.165, 1.54) is 4.88 Å². The number of ether oxygens (including phenoxy) is 2. The van der Waals surface area contributed by atoms with Crippen LogP contribution in [-0.2, 0) is 13.0 Å². The zero-order chi connectivity index (χ0) is 15.8. The third-order valence-corrected chi connectivity index (χ3v) is 4.11. The zero-order valence-corrected chi connectivity index (χ0v) is 16.4. The Morgan fingerprint density at radius 1 is 1.26 bits per heavy atom. The molecule has 1 aromatic heterocycles. The first-order chi connectivity index (χ1) is 10.7. The van der Waals surface area contributed by atoms with Crippen molar-refractivity contribution in [3.8, 4) is 11.5 Å². The lowest BCUT2D eigenvalue weighted by atomic mass is 10.2. The van der Waals surface area contributed by atoms with E-state index < -0.39 is 0 Å². The molecule has 126 valence electrons. The number of benzene rings is 1. The highest BCUT2D eigenvalue weighted by Crippen LogP contribution is 2.25. The first-order valence-electron chi connectivity index (χ1n) is 7.00. The van der Waals surface area contributed by atoms with Crippen molar-refractivity contribution in [2.24, 2.45) is 10.7 Å². The number of thiophene rings is 1. The highest BCUT2D eigenvalue weighted by Gasteiger charge is 2.04. The molecule has 1 aromatic carbocycles. The van der Waals surface area contributed by atoms with E-state index in [-0.39, 0.29) is 24.0 Å². The van der Waals surface area contributed by atoms with Gasteiger partial charge in [0.05, 0.1) is 20.8 Å². The molecule has 0 atom stereocenters. The topological polar surface area (TPSA) is 68.9 Å². The molecule has 0 aliphatic heterocycles. The molecule has 5 nitrogen and oxygen atoms in total. The molecule has 0 aliphatic carbocycles. The summed E-state index contributed by atoms with van der Waals surface area (Å²) in [5.41, 5.74) is 6.85. The molecular formula is C16H22IN3O2S. The highest BCUT2D eigenvalue weighted by atomic mass is 127. The van der Waals surface area contributed by atoms with Gasteiger partial charge in [-0.3, -0.25) is 0 Å². The summed E-state index contributed by atoms with van der Waals surface area (Å²) in [4.78, 5) is 5.67. The predicted octanol–water partition coefficient (Wildman–Crippen LogP) is 3.03. The molecule has 7 heteroatoms. The highest BCUT2D eigenvalue weighted by molar-refractivity contribution is 14.0. The Bertz CT molecular complexity index is 618. The average molecular weight is 447 g/mol. The minimum absolute atomic E-state index is 0. The van der Waals surface area contributed by atoms with Gasteiger partial charge in [0.25, 0.3) is 0 Å². The molecule has 2 rings (SSSR count). The van der Waals surface area contributed by atoms with Gasteiger partial charge in [-0.25, -0.2) is 4.99 Å². The Kier molecular flexibility index (Phi) is 8.78. The second-order valence-electron chi connectivity index (χ2n) is 4.64. The Morgan fingerprint density at radius 3 is 2.74 bits per heavy atom. The molecule has 0 fully saturated rings. The van der Waals surface area contributed by atoms with Gasteiger partial charge in [0, 0.05) is 23.1 Å². The Morgan fingerprint density at radius 2 is 2.09 bits per heavy atom. The van der Waals surface area contributed by atoms with Gasteiger partial charge in [0.1, 0.15) is 11.5 Å². The van der Waals surface area contributed by atoms with Gasteiger partial charge in [0.15, 0.2) is 5.96 Å². The molecule has 3 N–H and O–H groups in total. The van der Waals surface area contributed by atoms with E-state index in [1.54, 1.807) is 25.6 Å². The summed E-state index contributed by atoms with van der Waals surface area (Å²) in [7, 11) is 3.26. The number of guanidine groups is 1. The van der Waals surface area contributed by atoms with Crippen LogP contribution in [0.5, 0.6) is 11.5 Å². The maximum absolute atomic E-state index is 5.89. The molecule has 0 unspecified atom stereocenters. The van der Waals surface area contributed by atoms with Crippen molar-refractivity contribution >= 4 is 41.3 Å². The number of methoxy groups -OCH3 is 2. The summed E-state index contributed by atoms with van der Waals surface area (Å²) in [6.07, 6.45) is 0.944. The molecule has 0 aliphatic rings. The standard InChI is InChI=1S/C16H21N3O2S.HI/c1-20-13-6-5-12(15(10-13)21-2)11-19-16(17)18-8-7-14-4-3-9-22-14;/h3-6,9-10H,7-8,11H2,1-2H3,(H3,17,18,19);1H. The maximum atomic E-state index is 5.89. The summed E-state index contributed by atoms with van der Waals surface area (Å²) < 4.78 is 10.5. The third-order valence-electron chi connectivity index (χ3n) is 3.17. The lowest BCUT2D eigenvalue weighted by Crippen LogP contribution is -2.33. The summed E-state index contributed by atoms with van der Waals surface area (Å²) >= 11 is 1.74. The molecule has 0 bridgehead atoms. The van der Waals surface area contributed by atoms with Crippen LogP contribution in [0.1, 0.15) is 10.4 Å². The van der Waals surface area contributed by atoms with Crippen molar-refractivity contribution in [3.63, 3.8) is 0 Å². The van der Waals surface area contributed by atoms with E-state index in [0.29, 0.717) is 12.5 Å². The maximum Gasteiger partial charge on any atom is 0.188 e. The van der Waals surface area contributed by atoms with E-state index in [4.69, 9.17) is 15.2 Å². The van der Waals surface area contributed by atoms with Crippen LogP contribution in [-0.4, -0.2) is 26.7 Å². The first kappa shape index (κ1) is 19.6. The van der Waals surface area contributed by atoms with E-state index in [9.17, 15) is 0 Å². The number of hydrogen-bond donors (Lipinski definition) is 2. The lowest BCUT2D eigenvalue weighted by Gasteiger charge is -2.09. The summed E-state index contributed by atoms with van der Waals surface area (Å²) in [5.74, 6) is 1.94. The molecule has 23 heavy (non-hydrogen) atoms. The largest absolute Gasteiger partial charge is 0.497 e. The Balaban J connectivity index is 0.00000264.